The first-order valence-corrected chi connectivity index (χ1v) is 8.91. The number of hydrogen-bond donors (Lipinski definition) is 1. The topological polar surface area (TPSA) is 108 Å². The molecule has 0 rings (SSSR count). The van der Waals surface area contributed by atoms with E-state index >= 15 is 0 Å². The number of ether oxygens (including phenoxy) is 3. The van der Waals surface area contributed by atoms with Gasteiger partial charge >= 0.3 is 17.9 Å². The summed E-state index contributed by atoms with van der Waals surface area (Å²) in [6.07, 6.45) is 0. The summed E-state index contributed by atoms with van der Waals surface area (Å²) in [7, 11) is 1.22. The Balaban J connectivity index is 5.28. The van der Waals surface area contributed by atoms with Gasteiger partial charge in [-0.15, -0.1) is 0 Å². The first kappa shape index (κ1) is 23.2. The SMILES string of the molecule is CCOC(=O)C(C(=O)OCC)C(C)(C)SC[C@H](NC(C)=O)C(=O)OC. The van der Waals surface area contributed by atoms with Crippen molar-refractivity contribution in [2.24, 2.45) is 5.92 Å². The van der Waals surface area contributed by atoms with E-state index in [1.165, 1.54) is 25.8 Å². The predicted molar refractivity (Wildman–Crippen MR) is 92.9 cm³/mol. The van der Waals surface area contributed by atoms with E-state index in [0.717, 1.165) is 0 Å². The summed E-state index contributed by atoms with van der Waals surface area (Å²) in [6.45, 7) is 8.19. The second-order valence-electron chi connectivity index (χ2n) is 5.63. The van der Waals surface area contributed by atoms with Crippen LogP contribution < -0.4 is 5.32 Å². The van der Waals surface area contributed by atoms with E-state index in [2.05, 4.69) is 10.1 Å². The minimum absolute atomic E-state index is 0.120. The summed E-state index contributed by atoms with van der Waals surface area (Å²) in [4.78, 5) is 47.5. The largest absolute Gasteiger partial charge is 0.467 e. The van der Waals surface area contributed by atoms with Gasteiger partial charge in [-0.1, -0.05) is 0 Å². The smallest absolute Gasteiger partial charge is 0.329 e. The first-order valence-electron chi connectivity index (χ1n) is 7.92. The number of hydrogen-bond acceptors (Lipinski definition) is 8. The Morgan fingerprint density at radius 1 is 1.00 bits per heavy atom. The Hall–Kier alpha value is -1.77. The number of thioether (sulfide) groups is 1. The normalized spacial score (nSPS) is 12.3. The fourth-order valence-electron chi connectivity index (χ4n) is 2.05. The van der Waals surface area contributed by atoms with Crippen molar-refractivity contribution in [3.05, 3.63) is 0 Å². The zero-order valence-electron chi connectivity index (χ0n) is 15.5. The van der Waals surface area contributed by atoms with Gasteiger partial charge in [0.25, 0.3) is 0 Å². The highest BCUT2D eigenvalue weighted by molar-refractivity contribution is 8.00. The summed E-state index contributed by atoms with van der Waals surface area (Å²) in [5, 5.41) is 2.48. The number of carbonyl (C=O) groups excluding carboxylic acids is 4. The van der Waals surface area contributed by atoms with Gasteiger partial charge < -0.3 is 19.5 Å². The van der Waals surface area contributed by atoms with Crippen LogP contribution in [0.5, 0.6) is 0 Å². The van der Waals surface area contributed by atoms with Gasteiger partial charge in [0.05, 0.1) is 20.3 Å². The Morgan fingerprint density at radius 2 is 1.48 bits per heavy atom. The van der Waals surface area contributed by atoms with Crippen molar-refractivity contribution in [3.8, 4) is 0 Å². The summed E-state index contributed by atoms with van der Waals surface area (Å²) in [5.41, 5.74) is 0. The summed E-state index contributed by atoms with van der Waals surface area (Å²) in [6, 6.07) is -0.892. The minimum Gasteiger partial charge on any atom is -0.467 e. The molecule has 0 aromatic rings. The van der Waals surface area contributed by atoms with Crippen molar-refractivity contribution in [2.75, 3.05) is 26.1 Å². The summed E-state index contributed by atoms with van der Waals surface area (Å²) in [5.74, 6) is -3.41. The summed E-state index contributed by atoms with van der Waals surface area (Å²) >= 11 is 1.17. The zero-order chi connectivity index (χ0) is 19.6. The molecule has 0 saturated carbocycles. The monoisotopic (exact) mass is 377 g/mol. The molecule has 9 heteroatoms. The lowest BCUT2D eigenvalue weighted by molar-refractivity contribution is -0.162. The maximum Gasteiger partial charge on any atom is 0.329 e. The van der Waals surface area contributed by atoms with Gasteiger partial charge in [-0.05, 0) is 27.7 Å². The van der Waals surface area contributed by atoms with Crippen LogP contribution in [0.2, 0.25) is 0 Å². The molecule has 144 valence electrons. The third-order valence-corrected chi connectivity index (χ3v) is 4.70. The van der Waals surface area contributed by atoms with E-state index in [-0.39, 0.29) is 24.9 Å². The molecule has 0 aromatic carbocycles. The van der Waals surface area contributed by atoms with Crippen LogP contribution in [0.15, 0.2) is 0 Å². The van der Waals surface area contributed by atoms with Crippen LogP contribution in [0, 0.1) is 5.92 Å². The average molecular weight is 377 g/mol. The zero-order valence-corrected chi connectivity index (χ0v) is 16.4. The van der Waals surface area contributed by atoms with E-state index in [1.54, 1.807) is 27.7 Å². The molecule has 25 heavy (non-hydrogen) atoms. The van der Waals surface area contributed by atoms with Crippen molar-refractivity contribution in [1.29, 1.82) is 0 Å². The number of methoxy groups -OCH3 is 1. The molecule has 0 heterocycles. The maximum absolute atomic E-state index is 12.2. The molecule has 1 N–H and O–H groups in total. The molecule has 1 amide bonds. The Bertz CT molecular complexity index is 475. The highest BCUT2D eigenvalue weighted by atomic mass is 32.2. The average Bonchev–Trinajstić information content (AvgIpc) is 2.50. The van der Waals surface area contributed by atoms with Gasteiger partial charge in [-0.25, -0.2) is 4.79 Å². The van der Waals surface area contributed by atoms with E-state index in [4.69, 9.17) is 9.47 Å². The van der Waals surface area contributed by atoms with Gasteiger partial charge in [0.15, 0.2) is 5.92 Å². The lowest BCUT2D eigenvalue weighted by Crippen LogP contribution is -2.46. The molecule has 0 radical (unpaired) electrons. The molecule has 8 nitrogen and oxygen atoms in total. The highest BCUT2D eigenvalue weighted by Crippen LogP contribution is 2.35. The lowest BCUT2D eigenvalue weighted by atomic mass is 9.95. The molecule has 0 aliphatic carbocycles. The molecule has 0 aliphatic rings. The van der Waals surface area contributed by atoms with Crippen molar-refractivity contribution < 1.29 is 33.4 Å². The Labute approximate surface area is 152 Å². The van der Waals surface area contributed by atoms with Gasteiger partial charge in [0, 0.05) is 17.4 Å². The van der Waals surface area contributed by atoms with Gasteiger partial charge in [-0.2, -0.15) is 11.8 Å². The molecule has 0 bridgehead atoms. The second-order valence-corrected chi connectivity index (χ2v) is 7.30. The van der Waals surface area contributed by atoms with Crippen LogP contribution >= 0.6 is 11.8 Å². The molecule has 0 spiro atoms. The van der Waals surface area contributed by atoms with E-state index in [0.29, 0.717) is 0 Å². The van der Waals surface area contributed by atoms with E-state index in [1.807, 2.05) is 0 Å². The second kappa shape index (κ2) is 11.0. The number of amides is 1. The Morgan fingerprint density at radius 3 is 1.84 bits per heavy atom. The van der Waals surface area contributed by atoms with Crippen molar-refractivity contribution in [3.63, 3.8) is 0 Å². The predicted octanol–water partition coefficient (Wildman–Crippen LogP) is 0.918. The van der Waals surface area contributed by atoms with Crippen LogP contribution in [-0.4, -0.2) is 60.7 Å². The standard InChI is InChI=1S/C16H27NO7S/c1-7-23-14(20)12(15(21)24-8-2)16(4,5)25-9-11(13(19)22-6)17-10(3)18/h11-12H,7-9H2,1-6H3,(H,17,18)/t11-/m0/s1. The molecule has 0 fully saturated rings. The quantitative estimate of drug-likeness (QED) is 0.340. The van der Waals surface area contributed by atoms with Crippen LogP contribution in [0.25, 0.3) is 0 Å². The molecule has 0 unspecified atom stereocenters. The maximum atomic E-state index is 12.2. The number of rotatable bonds is 10. The molecular formula is C16H27NO7S. The van der Waals surface area contributed by atoms with Crippen LogP contribution in [0.4, 0.5) is 0 Å². The molecule has 0 saturated heterocycles. The minimum atomic E-state index is -1.16. The molecule has 0 aromatic heterocycles. The van der Waals surface area contributed by atoms with Crippen LogP contribution in [0.1, 0.15) is 34.6 Å². The van der Waals surface area contributed by atoms with Gasteiger partial charge in [-0.3, -0.25) is 14.4 Å². The molecule has 0 aliphatic heterocycles. The van der Waals surface area contributed by atoms with Crippen molar-refractivity contribution >= 4 is 35.6 Å². The van der Waals surface area contributed by atoms with Gasteiger partial charge in [0.2, 0.25) is 5.91 Å². The van der Waals surface area contributed by atoms with Crippen LogP contribution in [0.3, 0.4) is 0 Å². The molecule has 1 atom stereocenters. The number of esters is 3. The fourth-order valence-corrected chi connectivity index (χ4v) is 3.23. The highest BCUT2D eigenvalue weighted by Gasteiger charge is 2.44. The summed E-state index contributed by atoms with van der Waals surface area (Å²) < 4.78 is 13.7. The van der Waals surface area contributed by atoms with Crippen molar-refractivity contribution in [1.82, 2.24) is 5.32 Å². The van der Waals surface area contributed by atoms with E-state index in [9.17, 15) is 19.2 Å². The van der Waals surface area contributed by atoms with Crippen LogP contribution in [-0.2, 0) is 33.4 Å². The number of carbonyl (C=O) groups is 4. The third kappa shape index (κ3) is 7.76. The first-order chi connectivity index (χ1) is 11.6. The van der Waals surface area contributed by atoms with Gasteiger partial charge in [0.1, 0.15) is 6.04 Å². The molecular weight excluding hydrogens is 350 g/mol. The van der Waals surface area contributed by atoms with E-state index < -0.39 is 34.6 Å². The third-order valence-electron chi connectivity index (χ3n) is 3.23. The lowest BCUT2D eigenvalue weighted by Gasteiger charge is -2.31. The Kier molecular flexibility index (Phi) is 10.2. The fraction of sp³-hybridized carbons (Fsp3) is 0.750. The number of nitrogens with one attached hydrogen (secondary N) is 1. The van der Waals surface area contributed by atoms with Crippen molar-refractivity contribution in [2.45, 2.75) is 45.4 Å².